The minimum absolute atomic E-state index is 0.675. The molecule has 2 heterocycles. The Bertz CT molecular complexity index is 301. The standard InChI is InChI=1S/C7H10N4O/c1-2-4-5-6(9-3-8-4)11-7(12)10-5/h3,7,10,12H,2H2,1H3,(H,8,9,11). The van der Waals surface area contributed by atoms with Crippen LogP contribution in [-0.2, 0) is 6.42 Å². The van der Waals surface area contributed by atoms with E-state index in [0.717, 1.165) is 17.8 Å². The second-order valence-electron chi connectivity index (χ2n) is 2.59. The highest BCUT2D eigenvalue weighted by atomic mass is 16.3. The van der Waals surface area contributed by atoms with Gasteiger partial charge in [-0.05, 0) is 6.42 Å². The van der Waals surface area contributed by atoms with Gasteiger partial charge in [0, 0.05) is 0 Å². The molecule has 0 radical (unpaired) electrons. The van der Waals surface area contributed by atoms with E-state index in [2.05, 4.69) is 20.6 Å². The molecule has 0 bridgehead atoms. The van der Waals surface area contributed by atoms with Gasteiger partial charge in [0.1, 0.15) is 12.0 Å². The first-order valence-corrected chi connectivity index (χ1v) is 3.86. The maximum absolute atomic E-state index is 9.18. The number of aryl methyl sites for hydroxylation is 1. The topological polar surface area (TPSA) is 70.1 Å². The van der Waals surface area contributed by atoms with E-state index in [-0.39, 0.29) is 0 Å². The number of hydrogen-bond acceptors (Lipinski definition) is 5. The number of fused-ring (bicyclic) bond motifs is 1. The third-order valence-corrected chi connectivity index (χ3v) is 1.82. The maximum Gasteiger partial charge on any atom is 0.204 e. The van der Waals surface area contributed by atoms with E-state index in [9.17, 15) is 5.11 Å². The van der Waals surface area contributed by atoms with Crippen LogP contribution in [0.15, 0.2) is 6.33 Å². The third kappa shape index (κ3) is 0.984. The summed E-state index contributed by atoms with van der Waals surface area (Å²) in [6.45, 7) is 2.01. The van der Waals surface area contributed by atoms with Gasteiger partial charge in [-0.2, -0.15) is 0 Å². The first-order chi connectivity index (χ1) is 5.81. The van der Waals surface area contributed by atoms with Crippen LogP contribution in [-0.4, -0.2) is 21.4 Å². The van der Waals surface area contributed by atoms with Gasteiger partial charge >= 0.3 is 0 Å². The molecule has 1 aliphatic heterocycles. The van der Waals surface area contributed by atoms with Crippen LogP contribution in [0, 0.1) is 0 Å². The smallest absolute Gasteiger partial charge is 0.204 e. The van der Waals surface area contributed by atoms with E-state index in [1.54, 1.807) is 0 Å². The van der Waals surface area contributed by atoms with Crippen molar-refractivity contribution < 1.29 is 5.11 Å². The Labute approximate surface area is 69.9 Å². The van der Waals surface area contributed by atoms with Crippen molar-refractivity contribution in [3.05, 3.63) is 12.0 Å². The molecule has 5 heteroatoms. The quantitative estimate of drug-likeness (QED) is 0.554. The number of nitrogens with one attached hydrogen (secondary N) is 2. The lowest BCUT2D eigenvalue weighted by molar-refractivity contribution is 0.238. The Morgan fingerprint density at radius 2 is 2.33 bits per heavy atom. The molecule has 1 aliphatic rings. The molecule has 5 nitrogen and oxygen atoms in total. The molecule has 0 saturated carbocycles. The summed E-state index contributed by atoms with van der Waals surface area (Å²) in [6, 6.07) is 0. The van der Waals surface area contributed by atoms with E-state index in [4.69, 9.17) is 0 Å². The van der Waals surface area contributed by atoms with Crippen LogP contribution in [0.4, 0.5) is 11.5 Å². The number of nitrogens with zero attached hydrogens (tertiary/aromatic N) is 2. The first-order valence-electron chi connectivity index (χ1n) is 3.86. The highest BCUT2D eigenvalue weighted by molar-refractivity contribution is 5.71. The van der Waals surface area contributed by atoms with Gasteiger partial charge in [-0.15, -0.1) is 0 Å². The average molecular weight is 166 g/mol. The normalized spacial score (nSPS) is 19.7. The fraction of sp³-hybridized carbons (Fsp3) is 0.429. The van der Waals surface area contributed by atoms with Crippen molar-refractivity contribution in [2.24, 2.45) is 0 Å². The summed E-state index contributed by atoms with van der Waals surface area (Å²) in [4.78, 5) is 8.05. The second kappa shape index (κ2) is 2.60. The molecule has 0 aromatic carbocycles. The molecule has 0 fully saturated rings. The molecule has 1 aromatic rings. The highest BCUT2D eigenvalue weighted by Gasteiger charge is 2.20. The lowest BCUT2D eigenvalue weighted by Gasteiger charge is -2.02. The number of aliphatic hydroxyl groups is 1. The monoisotopic (exact) mass is 166 g/mol. The van der Waals surface area contributed by atoms with Gasteiger partial charge in [-0.1, -0.05) is 6.92 Å². The molecule has 64 valence electrons. The molecular formula is C7H10N4O. The van der Waals surface area contributed by atoms with Gasteiger partial charge in [-0.3, -0.25) is 0 Å². The molecule has 0 amide bonds. The van der Waals surface area contributed by atoms with Gasteiger partial charge in [0.25, 0.3) is 0 Å². The minimum Gasteiger partial charge on any atom is -0.357 e. The van der Waals surface area contributed by atoms with Crippen molar-refractivity contribution in [1.82, 2.24) is 9.97 Å². The summed E-state index contributed by atoms with van der Waals surface area (Å²) in [5.41, 5.74) is 1.73. The van der Waals surface area contributed by atoms with Gasteiger partial charge in [-0.25, -0.2) is 9.97 Å². The van der Waals surface area contributed by atoms with Crippen molar-refractivity contribution in [3.63, 3.8) is 0 Å². The fourth-order valence-corrected chi connectivity index (χ4v) is 1.25. The van der Waals surface area contributed by atoms with Crippen LogP contribution < -0.4 is 10.6 Å². The van der Waals surface area contributed by atoms with Crippen LogP contribution >= 0.6 is 0 Å². The molecule has 0 saturated heterocycles. The zero-order valence-corrected chi connectivity index (χ0v) is 6.70. The Balaban J connectivity index is 2.44. The summed E-state index contributed by atoms with van der Waals surface area (Å²) in [6.07, 6.45) is 1.58. The molecule has 1 atom stereocenters. The number of anilines is 2. The number of aromatic nitrogens is 2. The molecule has 0 aliphatic carbocycles. The Morgan fingerprint density at radius 1 is 1.50 bits per heavy atom. The van der Waals surface area contributed by atoms with E-state index >= 15 is 0 Å². The van der Waals surface area contributed by atoms with Gasteiger partial charge in [0.15, 0.2) is 5.82 Å². The molecule has 2 rings (SSSR count). The van der Waals surface area contributed by atoms with Crippen LogP contribution in [0.2, 0.25) is 0 Å². The van der Waals surface area contributed by atoms with E-state index in [1.165, 1.54) is 6.33 Å². The molecule has 12 heavy (non-hydrogen) atoms. The molecule has 1 aromatic heterocycles. The molecular weight excluding hydrogens is 156 g/mol. The highest BCUT2D eigenvalue weighted by Crippen LogP contribution is 2.27. The second-order valence-corrected chi connectivity index (χ2v) is 2.59. The zero-order valence-electron chi connectivity index (χ0n) is 6.70. The van der Waals surface area contributed by atoms with Crippen molar-refractivity contribution in [3.8, 4) is 0 Å². The molecule has 3 N–H and O–H groups in total. The number of hydrogen-bond donors (Lipinski definition) is 3. The van der Waals surface area contributed by atoms with E-state index in [0.29, 0.717) is 5.82 Å². The third-order valence-electron chi connectivity index (χ3n) is 1.82. The molecule has 0 spiro atoms. The predicted molar refractivity (Wildman–Crippen MR) is 44.7 cm³/mol. The zero-order chi connectivity index (χ0) is 8.55. The largest absolute Gasteiger partial charge is 0.357 e. The SMILES string of the molecule is CCc1ncnc2c1NC(O)N2. The minimum atomic E-state index is -0.734. The Kier molecular flexibility index (Phi) is 1.58. The predicted octanol–water partition coefficient (Wildman–Crippen LogP) is 0.152. The van der Waals surface area contributed by atoms with Crippen LogP contribution in [0.3, 0.4) is 0 Å². The maximum atomic E-state index is 9.18. The van der Waals surface area contributed by atoms with Crippen molar-refractivity contribution in [2.75, 3.05) is 10.6 Å². The van der Waals surface area contributed by atoms with E-state index in [1.807, 2.05) is 6.92 Å². The summed E-state index contributed by atoms with van der Waals surface area (Å²) < 4.78 is 0. The van der Waals surface area contributed by atoms with Gasteiger partial charge in [0.2, 0.25) is 6.35 Å². The van der Waals surface area contributed by atoms with Gasteiger partial charge in [0.05, 0.1) is 5.69 Å². The number of aliphatic hydroxyl groups excluding tert-OH is 1. The Morgan fingerprint density at radius 3 is 3.08 bits per heavy atom. The fourth-order valence-electron chi connectivity index (χ4n) is 1.25. The van der Waals surface area contributed by atoms with Crippen molar-refractivity contribution >= 4 is 11.5 Å². The van der Waals surface area contributed by atoms with E-state index < -0.39 is 6.35 Å². The Hall–Kier alpha value is -1.36. The lowest BCUT2D eigenvalue weighted by atomic mass is 10.3. The van der Waals surface area contributed by atoms with Crippen molar-refractivity contribution in [1.29, 1.82) is 0 Å². The van der Waals surface area contributed by atoms with Crippen LogP contribution in [0.25, 0.3) is 0 Å². The summed E-state index contributed by atoms with van der Waals surface area (Å²) >= 11 is 0. The van der Waals surface area contributed by atoms with Crippen LogP contribution in [0.5, 0.6) is 0 Å². The van der Waals surface area contributed by atoms with Crippen molar-refractivity contribution in [2.45, 2.75) is 19.7 Å². The lowest BCUT2D eigenvalue weighted by Crippen LogP contribution is -2.20. The van der Waals surface area contributed by atoms with Crippen LogP contribution in [0.1, 0.15) is 12.6 Å². The number of rotatable bonds is 1. The molecule has 1 unspecified atom stereocenters. The van der Waals surface area contributed by atoms with Gasteiger partial charge < -0.3 is 15.7 Å². The summed E-state index contributed by atoms with van der Waals surface area (Å²) in [5.74, 6) is 0.675. The average Bonchev–Trinajstić information content (AvgIpc) is 2.44. The summed E-state index contributed by atoms with van der Waals surface area (Å²) in [7, 11) is 0. The first kappa shape index (κ1) is 7.30. The summed E-state index contributed by atoms with van der Waals surface area (Å²) in [5, 5.41) is 14.8.